The number of benzene rings is 4. The third kappa shape index (κ3) is 4.36. The second-order valence-electron chi connectivity index (χ2n) is 11.1. The minimum atomic E-state index is 0.842. The summed E-state index contributed by atoms with van der Waals surface area (Å²) >= 11 is 0. The molecule has 0 radical (unpaired) electrons. The highest BCUT2D eigenvalue weighted by molar-refractivity contribution is 6.08. The molecule has 3 aromatic heterocycles. The van der Waals surface area contributed by atoms with E-state index in [1.54, 1.807) is 0 Å². The van der Waals surface area contributed by atoms with E-state index in [0.29, 0.717) is 0 Å². The van der Waals surface area contributed by atoms with Gasteiger partial charge < -0.3 is 13.6 Å². The average Bonchev–Trinajstić information content (AvgIpc) is 3.61. The van der Waals surface area contributed by atoms with Crippen molar-refractivity contribution in [1.82, 2.24) is 19.1 Å². The Bertz CT molecular complexity index is 1950. The summed E-state index contributed by atoms with van der Waals surface area (Å²) in [7, 11) is 4.11. The molecule has 7 aromatic rings. The van der Waals surface area contributed by atoms with Gasteiger partial charge in [0.05, 0.1) is 11.4 Å². The number of rotatable bonds is 6. The van der Waals surface area contributed by atoms with E-state index in [2.05, 4.69) is 132 Å². The predicted octanol–water partition coefficient (Wildman–Crippen LogP) is 9.23. The molecule has 0 bridgehead atoms. The molecule has 0 N–H and O–H groups in total. The van der Waals surface area contributed by atoms with Crippen molar-refractivity contribution in [2.75, 3.05) is 9.80 Å². The smallest absolute Gasteiger partial charge is 0.159 e. The first-order valence-corrected chi connectivity index (χ1v) is 14.5. The van der Waals surface area contributed by atoms with Crippen molar-refractivity contribution in [1.29, 1.82) is 0 Å². The quantitative estimate of drug-likeness (QED) is 0.201. The number of aryl methyl sites for hydroxylation is 2. The molecule has 7 nitrogen and oxygen atoms in total. The number of para-hydroxylation sites is 2. The lowest BCUT2D eigenvalue weighted by Crippen LogP contribution is -2.12. The molecular weight excluding hydrogens is 532 g/mol. The second-order valence-corrected chi connectivity index (χ2v) is 11.1. The maximum Gasteiger partial charge on any atom is 0.159 e. The van der Waals surface area contributed by atoms with Crippen LogP contribution in [-0.4, -0.2) is 19.1 Å². The summed E-state index contributed by atoms with van der Waals surface area (Å²) in [5.74, 6) is 3.76. The fourth-order valence-corrected chi connectivity index (χ4v) is 5.80. The summed E-state index contributed by atoms with van der Waals surface area (Å²) in [5.41, 5.74) is 8.01. The molecule has 0 aliphatic rings. The standard InChI is InChI=1S/C36H34N6O/c1-23-35(37-25(3)39(23)5)41(27-13-9-7-10-14-27)29-17-19-33-31(21-29)32-22-30(18-20-34(32)43-33)42(28-15-11-8-12-16-28)36-24(2)40(6)26(4)38-36/h7-22H,1-6H3. The van der Waals surface area contributed by atoms with Crippen molar-refractivity contribution in [3.63, 3.8) is 0 Å². The monoisotopic (exact) mass is 566 g/mol. The highest BCUT2D eigenvalue weighted by atomic mass is 16.3. The Hall–Kier alpha value is -5.30. The molecule has 0 saturated heterocycles. The van der Waals surface area contributed by atoms with Gasteiger partial charge >= 0.3 is 0 Å². The van der Waals surface area contributed by atoms with E-state index in [-0.39, 0.29) is 0 Å². The van der Waals surface area contributed by atoms with E-state index in [0.717, 1.165) is 79.4 Å². The number of furan rings is 1. The van der Waals surface area contributed by atoms with Gasteiger partial charge in [-0.1, -0.05) is 36.4 Å². The highest BCUT2D eigenvalue weighted by Gasteiger charge is 2.23. The van der Waals surface area contributed by atoms with Crippen LogP contribution in [0.5, 0.6) is 0 Å². The molecule has 0 unspecified atom stereocenters. The van der Waals surface area contributed by atoms with E-state index in [1.807, 2.05) is 26.0 Å². The molecule has 214 valence electrons. The maximum atomic E-state index is 6.36. The largest absolute Gasteiger partial charge is 0.456 e. The summed E-state index contributed by atoms with van der Waals surface area (Å²) < 4.78 is 10.6. The van der Waals surface area contributed by atoms with Gasteiger partial charge in [-0.2, -0.15) is 0 Å². The summed E-state index contributed by atoms with van der Waals surface area (Å²) in [4.78, 5) is 14.4. The fourth-order valence-electron chi connectivity index (χ4n) is 5.80. The number of fused-ring (bicyclic) bond motifs is 3. The van der Waals surface area contributed by atoms with Crippen LogP contribution >= 0.6 is 0 Å². The maximum absolute atomic E-state index is 6.36. The van der Waals surface area contributed by atoms with Gasteiger partial charge in [0.1, 0.15) is 22.8 Å². The first-order valence-electron chi connectivity index (χ1n) is 14.5. The van der Waals surface area contributed by atoms with Crippen LogP contribution in [0.15, 0.2) is 101 Å². The molecule has 3 heterocycles. The van der Waals surface area contributed by atoms with Crippen molar-refractivity contribution in [2.45, 2.75) is 27.7 Å². The molecule has 0 aliphatic heterocycles. The van der Waals surface area contributed by atoms with Crippen LogP contribution in [0, 0.1) is 27.7 Å². The van der Waals surface area contributed by atoms with Gasteiger partial charge in [0.25, 0.3) is 0 Å². The Labute approximate surface area is 251 Å². The molecule has 0 spiro atoms. The first-order chi connectivity index (χ1) is 20.8. The minimum absolute atomic E-state index is 0.842. The summed E-state index contributed by atoms with van der Waals surface area (Å²) in [6.07, 6.45) is 0. The summed E-state index contributed by atoms with van der Waals surface area (Å²) in [5, 5.41) is 2.09. The van der Waals surface area contributed by atoms with Crippen LogP contribution in [0.1, 0.15) is 23.0 Å². The van der Waals surface area contributed by atoms with Gasteiger partial charge in [-0.15, -0.1) is 0 Å². The zero-order valence-corrected chi connectivity index (χ0v) is 25.3. The Balaban J connectivity index is 1.43. The highest BCUT2D eigenvalue weighted by Crippen LogP contribution is 2.42. The van der Waals surface area contributed by atoms with Crippen molar-refractivity contribution >= 4 is 56.3 Å². The van der Waals surface area contributed by atoms with Crippen LogP contribution in [-0.2, 0) is 14.1 Å². The average molecular weight is 567 g/mol. The van der Waals surface area contributed by atoms with E-state index in [9.17, 15) is 0 Å². The Morgan fingerprint density at radius 1 is 0.512 bits per heavy atom. The van der Waals surface area contributed by atoms with Crippen LogP contribution in [0.2, 0.25) is 0 Å². The van der Waals surface area contributed by atoms with Crippen molar-refractivity contribution in [2.24, 2.45) is 14.1 Å². The number of imidazole rings is 2. The van der Waals surface area contributed by atoms with Crippen LogP contribution in [0.25, 0.3) is 21.9 Å². The molecule has 0 saturated carbocycles. The third-order valence-electron chi connectivity index (χ3n) is 8.56. The minimum Gasteiger partial charge on any atom is -0.456 e. The molecular formula is C36H34N6O. The van der Waals surface area contributed by atoms with E-state index >= 15 is 0 Å². The predicted molar refractivity (Wildman–Crippen MR) is 176 cm³/mol. The fraction of sp³-hybridized carbons (Fsp3) is 0.167. The van der Waals surface area contributed by atoms with Crippen LogP contribution < -0.4 is 9.80 Å². The number of anilines is 6. The lowest BCUT2D eigenvalue weighted by molar-refractivity contribution is 0.669. The lowest BCUT2D eigenvalue weighted by Gasteiger charge is -2.24. The SMILES string of the molecule is Cc1nc(N(c2ccccc2)c2ccc3oc4ccc(N(c5ccccc5)c5nc(C)n(C)c5C)cc4c3c2)c(C)n1C. The number of nitrogens with zero attached hydrogens (tertiary/aromatic N) is 6. The van der Waals surface area contributed by atoms with Gasteiger partial charge in [-0.25, -0.2) is 9.97 Å². The number of aromatic nitrogens is 4. The van der Waals surface area contributed by atoms with E-state index in [1.165, 1.54) is 0 Å². The zero-order chi connectivity index (χ0) is 29.8. The van der Waals surface area contributed by atoms with Gasteiger partial charge in [-0.05, 0) is 88.4 Å². The zero-order valence-electron chi connectivity index (χ0n) is 25.3. The first kappa shape index (κ1) is 26.6. The normalized spacial score (nSPS) is 11.5. The van der Waals surface area contributed by atoms with Crippen molar-refractivity contribution in [3.8, 4) is 0 Å². The Morgan fingerprint density at radius 2 is 0.907 bits per heavy atom. The molecule has 0 fully saturated rings. The summed E-state index contributed by atoms with van der Waals surface area (Å²) in [6.45, 7) is 8.31. The van der Waals surface area contributed by atoms with Gasteiger partial charge in [0.2, 0.25) is 0 Å². The number of hydrogen-bond donors (Lipinski definition) is 0. The third-order valence-corrected chi connectivity index (χ3v) is 8.56. The molecule has 0 atom stereocenters. The molecule has 0 amide bonds. The molecule has 7 heteroatoms. The molecule has 7 rings (SSSR count). The molecule has 4 aromatic carbocycles. The number of hydrogen-bond acceptors (Lipinski definition) is 5. The van der Waals surface area contributed by atoms with Crippen LogP contribution in [0.4, 0.5) is 34.4 Å². The second kappa shape index (κ2) is 10.2. The molecule has 0 aliphatic carbocycles. The van der Waals surface area contributed by atoms with Crippen LogP contribution in [0.3, 0.4) is 0 Å². The molecule has 43 heavy (non-hydrogen) atoms. The Kier molecular flexibility index (Phi) is 6.31. The summed E-state index contributed by atoms with van der Waals surface area (Å²) in [6, 6.07) is 33.6. The van der Waals surface area contributed by atoms with E-state index < -0.39 is 0 Å². The van der Waals surface area contributed by atoms with Crippen molar-refractivity contribution in [3.05, 3.63) is 120 Å². The topological polar surface area (TPSA) is 55.3 Å². The lowest BCUT2D eigenvalue weighted by atomic mass is 10.1. The van der Waals surface area contributed by atoms with Gasteiger partial charge in [0.15, 0.2) is 11.6 Å². The van der Waals surface area contributed by atoms with Crippen molar-refractivity contribution < 1.29 is 4.42 Å². The van der Waals surface area contributed by atoms with Gasteiger partial charge in [-0.3, -0.25) is 9.80 Å². The van der Waals surface area contributed by atoms with E-state index in [4.69, 9.17) is 14.4 Å². The Morgan fingerprint density at radius 3 is 1.26 bits per heavy atom. The van der Waals surface area contributed by atoms with Gasteiger partial charge in [0, 0.05) is 47.6 Å².